The number of methoxy groups -OCH3 is 1. The largest absolute Gasteiger partial charge is 0.495 e. The standard InChI is InChI=1S/C18H20N2O3/c1-12-4-9-17(23-3)16(10-12)19-11-18(22)20-15-7-5-14(6-8-15)13(2)21/h4-10,19H,11H2,1-3H3,(H,20,22). The Balaban J connectivity index is 1.95. The molecule has 0 heterocycles. The lowest BCUT2D eigenvalue weighted by Crippen LogP contribution is -2.22. The zero-order valence-electron chi connectivity index (χ0n) is 13.5. The first-order chi connectivity index (χ1) is 11.0. The van der Waals surface area contributed by atoms with E-state index in [0.717, 1.165) is 11.3 Å². The van der Waals surface area contributed by atoms with E-state index in [1.807, 2.05) is 25.1 Å². The van der Waals surface area contributed by atoms with E-state index in [2.05, 4.69) is 10.6 Å². The summed E-state index contributed by atoms with van der Waals surface area (Å²) in [6.07, 6.45) is 0. The van der Waals surface area contributed by atoms with Crippen LogP contribution in [0.3, 0.4) is 0 Å². The van der Waals surface area contributed by atoms with E-state index in [0.29, 0.717) is 17.0 Å². The topological polar surface area (TPSA) is 67.4 Å². The van der Waals surface area contributed by atoms with Crippen LogP contribution in [-0.4, -0.2) is 25.3 Å². The van der Waals surface area contributed by atoms with Crippen molar-refractivity contribution in [3.8, 4) is 5.75 Å². The van der Waals surface area contributed by atoms with Gasteiger partial charge in [-0.2, -0.15) is 0 Å². The Kier molecular flexibility index (Phi) is 5.36. The Morgan fingerprint density at radius 1 is 1.09 bits per heavy atom. The molecular formula is C18H20N2O3. The third-order valence-electron chi connectivity index (χ3n) is 3.37. The van der Waals surface area contributed by atoms with Crippen LogP contribution in [0.1, 0.15) is 22.8 Å². The van der Waals surface area contributed by atoms with Crippen LogP contribution in [-0.2, 0) is 4.79 Å². The van der Waals surface area contributed by atoms with Crippen molar-refractivity contribution < 1.29 is 14.3 Å². The molecule has 2 aromatic rings. The van der Waals surface area contributed by atoms with Gasteiger partial charge in [0.15, 0.2) is 5.78 Å². The molecular weight excluding hydrogens is 292 g/mol. The first-order valence-electron chi connectivity index (χ1n) is 7.29. The Morgan fingerprint density at radius 2 is 1.78 bits per heavy atom. The van der Waals surface area contributed by atoms with Crippen molar-refractivity contribution in [2.24, 2.45) is 0 Å². The molecule has 2 rings (SSSR count). The summed E-state index contributed by atoms with van der Waals surface area (Å²) in [5.74, 6) is 0.509. The van der Waals surface area contributed by atoms with Crippen molar-refractivity contribution in [1.29, 1.82) is 0 Å². The fraction of sp³-hybridized carbons (Fsp3) is 0.222. The molecule has 2 N–H and O–H groups in total. The lowest BCUT2D eigenvalue weighted by atomic mass is 10.1. The molecule has 0 atom stereocenters. The number of hydrogen-bond acceptors (Lipinski definition) is 4. The number of nitrogens with one attached hydrogen (secondary N) is 2. The normalized spacial score (nSPS) is 10.0. The molecule has 0 spiro atoms. The van der Waals surface area contributed by atoms with Crippen molar-refractivity contribution in [3.05, 3.63) is 53.6 Å². The zero-order chi connectivity index (χ0) is 16.8. The first-order valence-corrected chi connectivity index (χ1v) is 7.29. The molecule has 23 heavy (non-hydrogen) atoms. The second-order valence-electron chi connectivity index (χ2n) is 5.24. The number of carbonyl (C=O) groups is 2. The molecule has 0 aromatic heterocycles. The molecule has 0 aliphatic rings. The predicted octanol–water partition coefficient (Wildman–Crippen LogP) is 3.26. The van der Waals surface area contributed by atoms with Crippen molar-refractivity contribution >= 4 is 23.1 Å². The van der Waals surface area contributed by atoms with Crippen LogP contribution in [0.2, 0.25) is 0 Å². The average molecular weight is 312 g/mol. The van der Waals surface area contributed by atoms with E-state index in [1.54, 1.807) is 31.4 Å². The fourth-order valence-electron chi connectivity index (χ4n) is 2.13. The molecule has 0 bridgehead atoms. The van der Waals surface area contributed by atoms with Gasteiger partial charge in [-0.1, -0.05) is 6.07 Å². The van der Waals surface area contributed by atoms with Gasteiger partial charge in [0.25, 0.3) is 0 Å². The summed E-state index contributed by atoms with van der Waals surface area (Å²) in [5, 5.41) is 5.84. The van der Waals surface area contributed by atoms with Crippen LogP contribution in [0.5, 0.6) is 5.75 Å². The lowest BCUT2D eigenvalue weighted by Gasteiger charge is -2.12. The minimum absolute atomic E-state index is 0.00362. The number of carbonyl (C=O) groups excluding carboxylic acids is 2. The molecule has 1 amide bonds. The summed E-state index contributed by atoms with van der Waals surface area (Å²) >= 11 is 0. The molecule has 0 saturated carbocycles. The monoisotopic (exact) mass is 312 g/mol. The molecule has 0 radical (unpaired) electrons. The van der Waals surface area contributed by atoms with E-state index < -0.39 is 0 Å². The Bertz CT molecular complexity index is 709. The van der Waals surface area contributed by atoms with Gasteiger partial charge in [0.05, 0.1) is 19.3 Å². The minimum Gasteiger partial charge on any atom is -0.495 e. The van der Waals surface area contributed by atoms with E-state index in [9.17, 15) is 9.59 Å². The van der Waals surface area contributed by atoms with Crippen molar-refractivity contribution in [2.45, 2.75) is 13.8 Å². The van der Waals surface area contributed by atoms with Gasteiger partial charge in [0, 0.05) is 11.3 Å². The van der Waals surface area contributed by atoms with Crippen LogP contribution in [0.15, 0.2) is 42.5 Å². The van der Waals surface area contributed by atoms with Gasteiger partial charge >= 0.3 is 0 Å². The highest BCUT2D eigenvalue weighted by atomic mass is 16.5. The summed E-state index contributed by atoms with van der Waals surface area (Å²) in [6, 6.07) is 12.5. The molecule has 0 fully saturated rings. The Hall–Kier alpha value is -2.82. The SMILES string of the molecule is COc1ccc(C)cc1NCC(=O)Nc1ccc(C(C)=O)cc1. The number of amides is 1. The van der Waals surface area contributed by atoms with Crippen LogP contribution >= 0.6 is 0 Å². The highest BCUT2D eigenvalue weighted by Gasteiger charge is 2.07. The van der Waals surface area contributed by atoms with E-state index in [-0.39, 0.29) is 18.2 Å². The maximum atomic E-state index is 12.0. The number of rotatable bonds is 6. The van der Waals surface area contributed by atoms with Gasteiger partial charge in [-0.3, -0.25) is 9.59 Å². The second-order valence-corrected chi connectivity index (χ2v) is 5.24. The summed E-state index contributed by atoms with van der Waals surface area (Å²) in [4.78, 5) is 23.2. The van der Waals surface area contributed by atoms with E-state index in [1.165, 1.54) is 6.92 Å². The summed E-state index contributed by atoms with van der Waals surface area (Å²) in [6.45, 7) is 3.60. The Morgan fingerprint density at radius 3 is 2.39 bits per heavy atom. The van der Waals surface area contributed by atoms with Crippen LogP contribution in [0, 0.1) is 6.92 Å². The quantitative estimate of drug-likeness (QED) is 0.803. The van der Waals surface area contributed by atoms with E-state index in [4.69, 9.17) is 4.74 Å². The highest BCUT2D eigenvalue weighted by molar-refractivity contribution is 5.96. The number of Topliss-reactive ketones (excluding diaryl/α,β-unsaturated/α-hetero) is 1. The number of aryl methyl sites for hydroxylation is 1. The van der Waals surface area contributed by atoms with Crippen LogP contribution in [0.4, 0.5) is 11.4 Å². The van der Waals surface area contributed by atoms with Crippen molar-refractivity contribution in [1.82, 2.24) is 0 Å². The van der Waals surface area contributed by atoms with Gasteiger partial charge < -0.3 is 15.4 Å². The molecule has 5 heteroatoms. The molecule has 0 aliphatic heterocycles. The van der Waals surface area contributed by atoms with Crippen LogP contribution < -0.4 is 15.4 Å². The molecule has 0 unspecified atom stereocenters. The zero-order valence-corrected chi connectivity index (χ0v) is 13.5. The smallest absolute Gasteiger partial charge is 0.243 e. The number of hydrogen-bond donors (Lipinski definition) is 2. The lowest BCUT2D eigenvalue weighted by molar-refractivity contribution is -0.114. The van der Waals surface area contributed by atoms with Gasteiger partial charge in [-0.15, -0.1) is 0 Å². The number of ether oxygens (including phenoxy) is 1. The fourth-order valence-corrected chi connectivity index (χ4v) is 2.13. The third-order valence-corrected chi connectivity index (χ3v) is 3.37. The second kappa shape index (κ2) is 7.45. The van der Waals surface area contributed by atoms with Gasteiger partial charge in [0.1, 0.15) is 5.75 Å². The average Bonchev–Trinajstić information content (AvgIpc) is 2.53. The minimum atomic E-state index is -0.177. The number of ketones is 1. The summed E-state index contributed by atoms with van der Waals surface area (Å²) in [7, 11) is 1.59. The first kappa shape index (κ1) is 16.5. The molecule has 0 aliphatic carbocycles. The van der Waals surface area contributed by atoms with Gasteiger partial charge in [-0.05, 0) is 55.8 Å². The Labute approximate surface area is 135 Å². The molecule has 2 aromatic carbocycles. The summed E-state index contributed by atoms with van der Waals surface area (Å²) < 4.78 is 5.26. The predicted molar refractivity (Wildman–Crippen MR) is 91.3 cm³/mol. The molecule has 5 nitrogen and oxygen atoms in total. The van der Waals surface area contributed by atoms with Crippen molar-refractivity contribution in [3.63, 3.8) is 0 Å². The summed E-state index contributed by atoms with van der Waals surface area (Å²) in [5.41, 5.74) is 3.12. The number of anilines is 2. The van der Waals surface area contributed by atoms with Crippen LogP contribution in [0.25, 0.3) is 0 Å². The third kappa shape index (κ3) is 4.57. The maximum absolute atomic E-state index is 12.0. The number of benzene rings is 2. The van der Waals surface area contributed by atoms with Gasteiger partial charge in [0.2, 0.25) is 5.91 Å². The molecule has 120 valence electrons. The van der Waals surface area contributed by atoms with E-state index >= 15 is 0 Å². The highest BCUT2D eigenvalue weighted by Crippen LogP contribution is 2.24. The molecule has 0 saturated heterocycles. The maximum Gasteiger partial charge on any atom is 0.243 e. The van der Waals surface area contributed by atoms with Gasteiger partial charge in [-0.25, -0.2) is 0 Å². The van der Waals surface area contributed by atoms with Crippen molar-refractivity contribution in [2.75, 3.05) is 24.3 Å².